The number of amides is 1. The minimum atomic E-state index is -0.377. The van der Waals surface area contributed by atoms with E-state index in [0.717, 1.165) is 55.1 Å². The highest BCUT2D eigenvalue weighted by Gasteiger charge is 2.28. The lowest BCUT2D eigenvalue weighted by Gasteiger charge is -2.32. The molecular weight excluding hydrogens is 504 g/mol. The fraction of sp³-hybridized carbons (Fsp3) is 0.448. The van der Waals surface area contributed by atoms with E-state index in [1.807, 2.05) is 22.8 Å². The zero-order valence-corrected chi connectivity index (χ0v) is 22.2. The number of hydrogen-bond acceptors (Lipinski definition) is 6. The van der Waals surface area contributed by atoms with Crippen LogP contribution in [0.3, 0.4) is 0 Å². The van der Waals surface area contributed by atoms with Crippen LogP contribution >= 0.6 is 11.6 Å². The summed E-state index contributed by atoms with van der Waals surface area (Å²) in [5, 5.41) is 4.09. The van der Waals surface area contributed by atoms with Gasteiger partial charge in [-0.05, 0) is 61.3 Å². The molecule has 3 aliphatic heterocycles. The topological polar surface area (TPSA) is 76.0 Å². The highest BCUT2D eigenvalue weighted by atomic mass is 35.5. The Morgan fingerprint density at radius 3 is 2.53 bits per heavy atom. The van der Waals surface area contributed by atoms with Crippen LogP contribution in [-0.2, 0) is 24.4 Å². The number of morpholine rings is 1. The highest BCUT2D eigenvalue weighted by Crippen LogP contribution is 2.32. The summed E-state index contributed by atoms with van der Waals surface area (Å²) >= 11 is 5.98. The van der Waals surface area contributed by atoms with Crippen molar-refractivity contribution >= 4 is 28.4 Å². The molecule has 1 amide bonds. The van der Waals surface area contributed by atoms with Gasteiger partial charge in [-0.1, -0.05) is 23.7 Å². The van der Waals surface area contributed by atoms with E-state index >= 15 is 0 Å². The quantitative estimate of drug-likeness (QED) is 0.499. The summed E-state index contributed by atoms with van der Waals surface area (Å²) in [6, 6.07) is 11.3. The Kier molecular flexibility index (Phi) is 7.39. The van der Waals surface area contributed by atoms with Gasteiger partial charge in [0.05, 0.1) is 30.7 Å². The number of carbonyl (C=O) groups excluding carboxylic acids is 1. The molecule has 2 aromatic carbocycles. The maximum atomic E-state index is 13.7. The van der Waals surface area contributed by atoms with Crippen molar-refractivity contribution in [3.63, 3.8) is 0 Å². The maximum absolute atomic E-state index is 13.7. The van der Waals surface area contributed by atoms with Crippen LogP contribution in [0.5, 0.6) is 5.75 Å². The number of hydrogen-bond donors (Lipinski definition) is 1. The summed E-state index contributed by atoms with van der Waals surface area (Å²) in [5.41, 5.74) is 2.59. The number of benzene rings is 2. The first-order valence-corrected chi connectivity index (χ1v) is 13.8. The molecular formula is C29H33ClN4O4. The molecule has 4 heterocycles. The van der Waals surface area contributed by atoms with Crippen molar-refractivity contribution in [1.29, 1.82) is 0 Å². The largest absolute Gasteiger partial charge is 0.485 e. The van der Waals surface area contributed by atoms with Gasteiger partial charge in [-0.25, -0.2) is 0 Å². The van der Waals surface area contributed by atoms with Gasteiger partial charge in [-0.3, -0.25) is 19.4 Å². The number of pyridine rings is 1. The van der Waals surface area contributed by atoms with Crippen molar-refractivity contribution in [2.75, 3.05) is 45.9 Å². The number of ether oxygens (including phenoxy) is 2. The number of halogens is 1. The van der Waals surface area contributed by atoms with Gasteiger partial charge in [0.2, 0.25) is 5.43 Å². The van der Waals surface area contributed by atoms with Crippen molar-refractivity contribution in [3.05, 3.63) is 74.5 Å². The van der Waals surface area contributed by atoms with Gasteiger partial charge >= 0.3 is 0 Å². The van der Waals surface area contributed by atoms with Crippen molar-refractivity contribution in [3.8, 4) is 5.75 Å². The zero-order chi connectivity index (χ0) is 26.1. The minimum absolute atomic E-state index is 0.0464. The number of rotatable bonds is 7. The molecule has 9 heteroatoms. The van der Waals surface area contributed by atoms with E-state index in [1.165, 1.54) is 12.8 Å². The van der Waals surface area contributed by atoms with E-state index in [1.54, 1.807) is 18.3 Å². The van der Waals surface area contributed by atoms with Crippen molar-refractivity contribution in [2.24, 2.45) is 0 Å². The molecule has 0 spiro atoms. The van der Waals surface area contributed by atoms with Gasteiger partial charge in [0.15, 0.2) is 0 Å². The number of nitrogens with zero attached hydrogens (tertiary/aromatic N) is 3. The lowest BCUT2D eigenvalue weighted by atomic mass is 10.0. The van der Waals surface area contributed by atoms with Crippen LogP contribution in [0.1, 0.15) is 34.3 Å². The Hall–Kier alpha value is -2.91. The minimum Gasteiger partial charge on any atom is -0.485 e. The van der Waals surface area contributed by atoms with Crippen molar-refractivity contribution < 1.29 is 14.3 Å². The third-order valence-electron chi connectivity index (χ3n) is 7.67. The molecule has 2 fully saturated rings. The standard InChI is InChI=1S/C29H33ClN4O4/c30-22-5-3-20(4-6-22)15-31-29(36)25-19-34-18-23(17-32-7-1-2-8-32)38-26-14-21(13-24(27(26)34)28(25)35)16-33-9-11-37-12-10-33/h3-6,13-14,19,23H,1-2,7-12,15-18H2,(H,31,36). The molecule has 2 saturated heterocycles. The predicted octanol–water partition coefficient (Wildman–Crippen LogP) is 3.27. The molecule has 0 aliphatic carbocycles. The van der Waals surface area contributed by atoms with Crippen LogP contribution in [-0.4, -0.2) is 72.3 Å². The van der Waals surface area contributed by atoms with Crippen molar-refractivity contribution in [1.82, 2.24) is 19.7 Å². The van der Waals surface area contributed by atoms with Gasteiger partial charge in [0.25, 0.3) is 5.91 Å². The van der Waals surface area contributed by atoms with Gasteiger partial charge < -0.3 is 19.4 Å². The summed E-state index contributed by atoms with van der Waals surface area (Å²) in [7, 11) is 0. The number of carbonyl (C=O) groups is 1. The monoisotopic (exact) mass is 536 g/mol. The second kappa shape index (κ2) is 11.1. The summed E-state index contributed by atoms with van der Waals surface area (Å²) in [4.78, 5) is 31.7. The molecule has 8 nitrogen and oxygen atoms in total. The fourth-order valence-corrected chi connectivity index (χ4v) is 5.85. The number of nitrogens with one attached hydrogen (secondary N) is 1. The molecule has 1 unspecified atom stereocenters. The van der Waals surface area contributed by atoms with E-state index in [2.05, 4.69) is 21.2 Å². The summed E-state index contributed by atoms with van der Waals surface area (Å²) in [6.07, 6.45) is 4.10. The number of aromatic nitrogens is 1. The Labute approximate surface area is 227 Å². The zero-order valence-electron chi connectivity index (χ0n) is 21.5. The Balaban J connectivity index is 1.33. The lowest BCUT2D eigenvalue weighted by Crippen LogP contribution is -2.40. The third kappa shape index (κ3) is 5.45. The molecule has 1 atom stereocenters. The third-order valence-corrected chi connectivity index (χ3v) is 7.92. The van der Waals surface area contributed by atoms with Crippen LogP contribution < -0.4 is 15.5 Å². The molecule has 0 radical (unpaired) electrons. The summed E-state index contributed by atoms with van der Waals surface area (Å²) < 4.78 is 14.1. The second-order valence-corrected chi connectivity index (χ2v) is 10.9. The molecule has 38 heavy (non-hydrogen) atoms. The van der Waals surface area contributed by atoms with Crippen LogP contribution in [0.4, 0.5) is 0 Å². The van der Waals surface area contributed by atoms with E-state index in [0.29, 0.717) is 43.3 Å². The van der Waals surface area contributed by atoms with Crippen LogP contribution in [0.25, 0.3) is 10.9 Å². The number of likely N-dealkylation sites (tertiary alicyclic amines) is 1. The van der Waals surface area contributed by atoms with E-state index in [-0.39, 0.29) is 23.0 Å². The van der Waals surface area contributed by atoms with Gasteiger partial charge in [-0.2, -0.15) is 0 Å². The molecule has 200 valence electrons. The lowest BCUT2D eigenvalue weighted by molar-refractivity contribution is 0.0341. The second-order valence-electron chi connectivity index (χ2n) is 10.5. The van der Waals surface area contributed by atoms with Crippen LogP contribution in [0, 0.1) is 0 Å². The summed E-state index contributed by atoms with van der Waals surface area (Å²) in [5.74, 6) is 0.352. The SMILES string of the molecule is O=C(NCc1ccc(Cl)cc1)c1cn2c3c(cc(CN4CCOCC4)cc3c1=O)OC(CN1CCCC1)C2. The average molecular weight is 537 g/mol. The maximum Gasteiger partial charge on any atom is 0.257 e. The molecule has 1 N–H and O–H groups in total. The predicted molar refractivity (Wildman–Crippen MR) is 147 cm³/mol. The molecule has 3 aromatic rings. The normalized spacial score (nSPS) is 20.0. The van der Waals surface area contributed by atoms with Crippen molar-refractivity contribution in [2.45, 2.75) is 38.6 Å². The molecule has 3 aliphatic rings. The Morgan fingerprint density at radius 2 is 1.76 bits per heavy atom. The average Bonchev–Trinajstić information content (AvgIpc) is 3.43. The summed E-state index contributed by atoms with van der Waals surface area (Å²) in [6.45, 7) is 7.74. The van der Waals surface area contributed by atoms with Gasteiger partial charge in [-0.15, -0.1) is 0 Å². The fourth-order valence-electron chi connectivity index (χ4n) is 5.73. The van der Waals surface area contributed by atoms with Gasteiger partial charge in [0.1, 0.15) is 17.4 Å². The smallest absolute Gasteiger partial charge is 0.257 e. The van der Waals surface area contributed by atoms with E-state index in [9.17, 15) is 9.59 Å². The molecule has 0 saturated carbocycles. The van der Waals surface area contributed by atoms with Crippen LogP contribution in [0.2, 0.25) is 5.02 Å². The van der Waals surface area contributed by atoms with E-state index in [4.69, 9.17) is 21.1 Å². The highest BCUT2D eigenvalue weighted by molar-refractivity contribution is 6.30. The molecule has 1 aromatic heterocycles. The molecule has 6 rings (SSSR count). The Bertz CT molecular complexity index is 1380. The van der Waals surface area contributed by atoms with E-state index < -0.39 is 0 Å². The molecule has 0 bridgehead atoms. The van der Waals surface area contributed by atoms with Crippen LogP contribution in [0.15, 0.2) is 47.4 Å². The van der Waals surface area contributed by atoms with Gasteiger partial charge in [0, 0.05) is 43.9 Å². The Morgan fingerprint density at radius 1 is 1.00 bits per heavy atom. The first-order chi connectivity index (χ1) is 18.5. The first-order valence-electron chi connectivity index (χ1n) is 13.5. The first kappa shape index (κ1) is 25.4.